The highest BCUT2D eigenvalue weighted by Gasteiger charge is 2.22. The molecule has 0 saturated heterocycles. The van der Waals surface area contributed by atoms with Crippen molar-refractivity contribution in [3.63, 3.8) is 0 Å². The van der Waals surface area contributed by atoms with Crippen molar-refractivity contribution in [3.8, 4) is 0 Å². The highest BCUT2D eigenvalue weighted by molar-refractivity contribution is 5.90. The fourth-order valence-corrected chi connectivity index (χ4v) is 2.03. The molecule has 1 aromatic carbocycles. The molecule has 0 atom stereocenters. The lowest BCUT2D eigenvalue weighted by Crippen LogP contribution is -2.24. The third-order valence-corrected chi connectivity index (χ3v) is 2.72. The number of rotatable bonds is 3. The van der Waals surface area contributed by atoms with E-state index in [2.05, 4.69) is 4.90 Å². The van der Waals surface area contributed by atoms with Crippen LogP contribution in [0.1, 0.15) is 21.5 Å². The Bertz CT molecular complexity index is 390. The van der Waals surface area contributed by atoms with Gasteiger partial charge in [0.05, 0.1) is 5.56 Å². The molecule has 1 aliphatic rings. The van der Waals surface area contributed by atoms with Crippen LogP contribution in [0.15, 0.2) is 18.2 Å². The van der Waals surface area contributed by atoms with Gasteiger partial charge >= 0.3 is 5.97 Å². The summed E-state index contributed by atoms with van der Waals surface area (Å²) < 4.78 is 0. The zero-order valence-electron chi connectivity index (χ0n) is 8.44. The summed E-state index contributed by atoms with van der Waals surface area (Å²) in [6, 6.07) is 5.44. The van der Waals surface area contributed by atoms with E-state index in [1.165, 1.54) is 0 Å². The Morgan fingerprint density at radius 3 is 2.93 bits per heavy atom. The number of carboxylic acids is 1. The number of nitrogens with zero attached hydrogens (tertiary/aromatic N) is 1. The molecule has 15 heavy (non-hydrogen) atoms. The second-order valence-electron chi connectivity index (χ2n) is 3.75. The van der Waals surface area contributed by atoms with E-state index in [9.17, 15) is 4.79 Å². The van der Waals surface area contributed by atoms with Crippen LogP contribution in [-0.4, -0.2) is 29.1 Å². The van der Waals surface area contributed by atoms with Gasteiger partial charge in [0, 0.05) is 26.2 Å². The van der Waals surface area contributed by atoms with Crippen molar-refractivity contribution in [1.29, 1.82) is 0 Å². The van der Waals surface area contributed by atoms with Gasteiger partial charge in [-0.1, -0.05) is 12.1 Å². The molecule has 1 heterocycles. The Hall–Kier alpha value is -1.39. The minimum atomic E-state index is -0.846. The maximum absolute atomic E-state index is 11.0. The van der Waals surface area contributed by atoms with E-state index in [0.29, 0.717) is 18.7 Å². The average Bonchev–Trinajstić information content (AvgIpc) is 2.59. The van der Waals surface area contributed by atoms with E-state index in [1.807, 2.05) is 6.07 Å². The minimum absolute atomic E-state index is 0.423. The smallest absolute Gasteiger partial charge is 0.336 e. The van der Waals surface area contributed by atoms with Gasteiger partial charge < -0.3 is 10.8 Å². The summed E-state index contributed by atoms with van der Waals surface area (Å²) in [5.74, 6) is -0.846. The first-order chi connectivity index (χ1) is 7.22. The number of nitrogens with two attached hydrogens (primary N) is 1. The molecule has 4 heteroatoms. The van der Waals surface area contributed by atoms with Gasteiger partial charge in [0.15, 0.2) is 0 Å². The molecular weight excluding hydrogens is 192 g/mol. The Labute approximate surface area is 88.3 Å². The molecule has 0 unspecified atom stereocenters. The summed E-state index contributed by atoms with van der Waals surface area (Å²) in [5.41, 5.74) is 7.96. The molecule has 0 amide bonds. The van der Waals surface area contributed by atoms with Crippen LogP contribution in [0.2, 0.25) is 0 Å². The third kappa shape index (κ3) is 1.86. The van der Waals surface area contributed by atoms with Gasteiger partial charge in [-0.05, 0) is 17.2 Å². The van der Waals surface area contributed by atoms with Gasteiger partial charge in [-0.2, -0.15) is 0 Å². The van der Waals surface area contributed by atoms with Crippen LogP contribution in [0.25, 0.3) is 0 Å². The molecule has 0 bridgehead atoms. The van der Waals surface area contributed by atoms with Crippen molar-refractivity contribution in [1.82, 2.24) is 4.90 Å². The summed E-state index contributed by atoms with van der Waals surface area (Å²) in [7, 11) is 0. The van der Waals surface area contributed by atoms with Gasteiger partial charge in [0.1, 0.15) is 0 Å². The summed E-state index contributed by atoms with van der Waals surface area (Å²) in [5, 5.41) is 9.02. The minimum Gasteiger partial charge on any atom is -0.478 e. The molecule has 1 aliphatic heterocycles. The van der Waals surface area contributed by atoms with Crippen LogP contribution >= 0.6 is 0 Å². The molecule has 0 radical (unpaired) electrons. The van der Waals surface area contributed by atoms with E-state index < -0.39 is 5.97 Å². The van der Waals surface area contributed by atoms with E-state index in [4.69, 9.17) is 10.8 Å². The monoisotopic (exact) mass is 206 g/mol. The number of benzene rings is 1. The number of fused-ring (bicyclic) bond motifs is 1. The first-order valence-electron chi connectivity index (χ1n) is 4.99. The Balaban J connectivity index is 2.29. The van der Waals surface area contributed by atoms with Crippen LogP contribution in [0.5, 0.6) is 0 Å². The highest BCUT2D eigenvalue weighted by atomic mass is 16.4. The zero-order chi connectivity index (χ0) is 10.8. The molecular formula is C11H14N2O2. The van der Waals surface area contributed by atoms with Crippen LogP contribution in [0, 0.1) is 0 Å². The number of carboxylic acid groups (broad SMARTS) is 1. The van der Waals surface area contributed by atoms with Gasteiger partial charge in [-0.15, -0.1) is 0 Å². The maximum atomic E-state index is 11.0. The van der Waals surface area contributed by atoms with Crippen LogP contribution < -0.4 is 5.73 Å². The second-order valence-corrected chi connectivity index (χ2v) is 3.75. The normalized spacial score (nSPS) is 15.3. The molecule has 0 aromatic heterocycles. The predicted molar refractivity (Wildman–Crippen MR) is 56.6 cm³/mol. The molecule has 3 N–H and O–H groups in total. The summed E-state index contributed by atoms with van der Waals surface area (Å²) in [4.78, 5) is 13.1. The quantitative estimate of drug-likeness (QED) is 0.762. The van der Waals surface area contributed by atoms with Gasteiger partial charge in [-0.3, -0.25) is 4.90 Å². The Morgan fingerprint density at radius 1 is 1.47 bits per heavy atom. The molecule has 80 valence electrons. The lowest BCUT2D eigenvalue weighted by atomic mass is 10.0. The summed E-state index contributed by atoms with van der Waals surface area (Å²) in [6.07, 6.45) is 0. The molecule has 0 fully saturated rings. The fraction of sp³-hybridized carbons (Fsp3) is 0.364. The molecule has 2 rings (SSSR count). The second kappa shape index (κ2) is 4.00. The molecule has 0 aliphatic carbocycles. The topological polar surface area (TPSA) is 66.6 Å². The van der Waals surface area contributed by atoms with Gasteiger partial charge in [0.2, 0.25) is 0 Å². The van der Waals surface area contributed by atoms with E-state index in [0.717, 1.165) is 24.2 Å². The number of aromatic carboxylic acids is 1. The van der Waals surface area contributed by atoms with Crippen molar-refractivity contribution in [2.45, 2.75) is 13.1 Å². The Kier molecular flexibility index (Phi) is 2.70. The standard InChI is InChI=1S/C11H14N2O2/c12-4-5-13-6-8-2-1-3-9(11(14)15)10(8)7-13/h1-3H,4-7,12H2,(H,14,15). The largest absolute Gasteiger partial charge is 0.478 e. The zero-order valence-corrected chi connectivity index (χ0v) is 8.44. The van der Waals surface area contributed by atoms with Gasteiger partial charge in [0.25, 0.3) is 0 Å². The lowest BCUT2D eigenvalue weighted by molar-refractivity contribution is 0.0695. The van der Waals surface area contributed by atoms with Crippen LogP contribution in [0.3, 0.4) is 0 Å². The Morgan fingerprint density at radius 2 is 2.27 bits per heavy atom. The predicted octanol–water partition coefficient (Wildman–Crippen LogP) is 0.659. The highest BCUT2D eigenvalue weighted by Crippen LogP contribution is 2.25. The number of carbonyl (C=O) groups is 1. The van der Waals surface area contributed by atoms with Crippen LogP contribution in [-0.2, 0) is 13.1 Å². The maximum Gasteiger partial charge on any atom is 0.336 e. The summed E-state index contributed by atoms with van der Waals surface area (Å²) >= 11 is 0. The fourth-order valence-electron chi connectivity index (χ4n) is 2.03. The first-order valence-corrected chi connectivity index (χ1v) is 4.99. The van der Waals surface area contributed by atoms with E-state index in [-0.39, 0.29) is 0 Å². The molecule has 0 spiro atoms. The number of hydrogen-bond acceptors (Lipinski definition) is 3. The molecule has 4 nitrogen and oxygen atoms in total. The average molecular weight is 206 g/mol. The first kappa shape index (κ1) is 10.1. The van der Waals surface area contributed by atoms with E-state index >= 15 is 0 Å². The van der Waals surface area contributed by atoms with Crippen molar-refractivity contribution in [3.05, 3.63) is 34.9 Å². The SMILES string of the molecule is NCCN1Cc2cccc(C(=O)O)c2C1. The molecule has 0 saturated carbocycles. The molecule has 1 aromatic rings. The van der Waals surface area contributed by atoms with Crippen molar-refractivity contribution in [2.75, 3.05) is 13.1 Å². The third-order valence-electron chi connectivity index (χ3n) is 2.72. The number of hydrogen-bond donors (Lipinski definition) is 2. The lowest BCUT2D eigenvalue weighted by Gasteiger charge is -2.12. The van der Waals surface area contributed by atoms with Crippen molar-refractivity contribution in [2.24, 2.45) is 5.73 Å². The summed E-state index contributed by atoms with van der Waals surface area (Å²) in [6.45, 7) is 2.94. The van der Waals surface area contributed by atoms with Crippen LogP contribution in [0.4, 0.5) is 0 Å². The van der Waals surface area contributed by atoms with Crippen molar-refractivity contribution >= 4 is 5.97 Å². The van der Waals surface area contributed by atoms with Gasteiger partial charge in [-0.25, -0.2) is 4.79 Å². The van der Waals surface area contributed by atoms with E-state index in [1.54, 1.807) is 12.1 Å². The van der Waals surface area contributed by atoms with Crippen molar-refractivity contribution < 1.29 is 9.90 Å².